The van der Waals surface area contributed by atoms with Crippen LogP contribution in [0.2, 0.25) is 0 Å². The largest absolute Gasteiger partial charge is 0.383 e. The van der Waals surface area contributed by atoms with Crippen molar-refractivity contribution >= 4 is 32.8 Å². The van der Waals surface area contributed by atoms with Crippen LogP contribution in [0, 0.1) is 0 Å². The number of benzene rings is 1. The molecular weight excluding hydrogens is 316 g/mol. The molecule has 1 aromatic carbocycles. The molecule has 6 heteroatoms. The van der Waals surface area contributed by atoms with Crippen LogP contribution < -0.4 is 5.73 Å². The van der Waals surface area contributed by atoms with Gasteiger partial charge in [-0.15, -0.1) is 0 Å². The molecule has 0 aliphatic carbocycles. The van der Waals surface area contributed by atoms with Crippen LogP contribution in [-0.2, 0) is 16.8 Å². The van der Waals surface area contributed by atoms with Crippen LogP contribution in [0.1, 0.15) is 5.56 Å². The van der Waals surface area contributed by atoms with Gasteiger partial charge in [-0.05, 0) is 33.1 Å². The fourth-order valence-corrected chi connectivity index (χ4v) is 2.37. The Bertz CT molecular complexity index is 587. The molecule has 1 aromatic heterocycles. The zero-order valence-electron chi connectivity index (χ0n) is 9.34. The quantitative estimate of drug-likeness (QED) is 0.850. The topological polar surface area (TPSA) is 76.2 Å². The van der Waals surface area contributed by atoms with Gasteiger partial charge in [-0.1, -0.05) is 24.3 Å². The number of nitrogens with two attached hydrogens (primary N) is 1. The fraction of sp³-hybridized carbons (Fsp3) is 0.0833. The smallest absolute Gasteiger partial charge is 0.157 e. The van der Waals surface area contributed by atoms with Crippen molar-refractivity contribution in [3.63, 3.8) is 0 Å². The zero-order valence-corrected chi connectivity index (χ0v) is 11.7. The van der Waals surface area contributed by atoms with Gasteiger partial charge in [-0.2, -0.15) is 0 Å². The fourth-order valence-electron chi connectivity index (χ4n) is 1.54. The molecule has 2 aromatic rings. The van der Waals surface area contributed by atoms with E-state index in [1.807, 2.05) is 30.3 Å². The molecule has 0 radical (unpaired) electrons. The maximum absolute atomic E-state index is 10.7. The minimum Gasteiger partial charge on any atom is -0.383 e. The highest BCUT2D eigenvalue weighted by Gasteiger charge is 2.03. The summed E-state index contributed by atoms with van der Waals surface area (Å²) in [7, 11) is 0. The van der Waals surface area contributed by atoms with Crippen molar-refractivity contribution in [1.82, 2.24) is 4.98 Å². The predicted molar refractivity (Wildman–Crippen MR) is 76.3 cm³/mol. The van der Waals surface area contributed by atoms with Gasteiger partial charge in [0, 0.05) is 11.8 Å². The molecule has 0 bridgehead atoms. The van der Waals surface area contributed by atoms with E-state index in [-0.39, 0.29) is 5.75 Å². The molecule has 0 amide bonds. The molecule has 0 aliphatic heterocycles. The molecule has 0 saturated carbocycles. The first-order chi connectivity index (χ1) is 8.56. The van der Waals surface area contributed by atoms with Crippen LogP contribution in [-0.4, -0.2) is 13.7 Å². The molecule has 1 unspecified atom stereocenters. The summed E-state index contributed by atoms with van der Waals surface area (Å²) in [6.45, 7) is 0. The predicted octanol–water partition coefficient (Wildman–Crippen LogP) is 2.82. The number of hydrogen-bond acceptors (Lipinski definition) is 3. The molecule has 4 nitrogen and oxygen atoms in total. The van der Waals surface area contributed by atoms with Crippen LogP contribution in [0.15, 0.2) is 41.0 Å². The van der Waals surface area contributed by atoms with Crippen molar-refractivity contribution in [2.75, 3.05) is 5.73 Å². The summed E-state index contributed by atoms with van der Waals surface area (Å²) in [6, 6.07) is 9.33. The van der Waals surface area contributed by atoms with E-state index in [9.17, 15) is 4.21 Å². The molecule has 94 valence electrons. The van der Waals surface area contributed by atoms with Crippen LogP contribution >= 0.6 is 15.9 Å². The molecular formula is C12H11BrN2O2S. The summed E-state index contributed by atoms with van der Waals surface area (Å²) in [5.41, 5.74) is 8.37. The first kappa shape index (κ1) is 13.2. The molecule has 18 heavy (non-hydrogen) atoms. The van der Waals surface area contributed by atoms with Crippen molar-refractivity contribution in [3.8, 4) is 11.1 Å². The van der Waals surface area contributed by atoms with Crippen molar-refractivity contribution in [2.24, 2.45) is 0 Å². The maximum atomic E-state index is 10.7. The molecule has 0 fully saturated rings. The van der Waals surface area contributed by atoms with Gasteiger partial charge in [-0.3, -0.25) is 0 Å². The van der Waals surface area contributed by atoms with Gasteiger partial charge >= 0.3 is 0 Å². The second-order valence-electron chi connectivity index (χ2n) is 3.75. The lowest BCUT2D eigenvalue weighted by Gasteiger charge is -2.05. The number of aromatic nitrogens is 1. The second kappa shape index (κ2) is 5.60. The molecule has 0 saturated heterocycles. The highest BCUT2D eigenvalue weighted by molar-refractivity contribution is 9.10. The Morgan fingerprint density at radius 1 is 1.28 bits per heavy atom. The normalized spacial score (nSPS) is 12.3. The highest BCUT2D eigenvalue weighted by Crippen LogP contribution is 2.25. The van der Waals surface area contributed by atoms with Gasteiger partial charge in [0.1, 0.15) is 5.82 Å². The standard InChI is InChI=1S/C12H11BrN2O2S/c13-11-5-10(6-15-12(11)14)9-3-1-8(2-4-9)7-18(16)17/h1-6H,7H2,(H2,14,15)(H,16,17). The van der Waals surface area contributed by atoms with E-state index >= 15 is 0 Å². The summed E-state index contributed by atoms with van der Waals surface area (Å²) >= 11 is 1.52. The van der Waals surface area contributed by atoms with E-state index < -0.39 is 11.1 Å². The third-order valence-corrected chi connectivity index (χ3v) is 3.66. The molecule has 2 rings (SSSR count). The Kier molecular flexibility index (Phi) is 4.11. The van der Waals surface area contributed by atoms with Crippen LogP contribution in [0.25, 0.3) is 11.1 Å². The Labute approximate surface area is 116 Å². The summed E-state index contributed by atoms with van der Waals surface area (Å²) in [6.07, 6.45) is 1.69. The lowest BCUT2D eigenvalue weighted by Crippen LogP contribution is -1.93. The summed E-state index contributed by atoms with van der Waals surface area (Å²) in [5, 5.41) is 0. The first-order valence-corrected chi connectivity index (χ1v) is 7.21. The van der Waals surface area contributed by atoms with Gasteiger partial charge in [-0.25, -0.2) is 9.19 Å². The number of anilines is 1. The number of nitrogens with zero attached hydrogens (tertiary/aromatic N) is 1. The van der Waals surface area contributed by atoms with Crippen LogP contribution in [0.4, 0.5) is 5.82 Å². The zero-order chi connectivity index (χ0) is 13.1. The summed E-state index contributed by atoms with van der Waals surface area (Å²) < 4.78 is 20.2. The van der Waals surface area contributed by atoms with Crippen molar-refractivity contribution in [1.29, 1.82) is 0 Å². The van der Waals surface area contributed by atoms with Gasteiger partial charge in [0.2, 0.25) is 0 Å². The Morgan fingerprint density at radius 2 is 1.94 bits per heavy atom. The maximum Gasteiger partial charge on any atom is 0.157 e. The van der Waals surface area contributed by atoms with E-state index in [0.29, 0.717) is 5.82 Å². The minimum absolute atomic E-state index is 0.143. The van der Waals surface area contributed by atoms with E-state index in [1.54, 1.807) is 6.20 Å². The van der Waals surface area contributed by atoms with E-state index in [4.69, 9.17) is 10.3 Å². The van der Waals surface area contributed by atoms with Crippen molar-refractivity contribution in [3.05, 3.63) is 46.6 Å². The molecule has 0 aliphatic rings. The van der Waals surface area contributed by atoms with Crippen molar-refractivity contribution in [2.45, 2.75) is 5.75 Å². The average molecular weight is 327 g/mol. The van der Waals surface area contributed by atoms with E-state index in [1.165, 1.54) is 0 Å². The van der Waals surface area contributed by atoms with Crippen molar-refractivity contribution < 1.29 is 8.76 Å². The van der Waals surface area contributed by atoms with Gasteiger partial charge in [0.05, 0.1) is 10.2 Å². The third kappa shape index (κ3) is 3.16. The Hall–Kier alpha value is -1.24. The lowest BCUT2D eigenvalue weighted by atomic mass is 10.1. The van der Waals surface area contributed by atoms with Crippen LogP contribution in [0.5, 0.6) is 0 Å². The first-order valence-electron chi connectivity index (χ1n) is 5.14. The summed E-state index contributed by atoms with van der Waals surface area (Å²) in [4.78, 5) is 4.07. The Morgan fingerprint density at radius 3 is 2.50 bits per heavy atom. The highest BCUT2D eigenvalue weighted by atomic mass is 79.9. The SMILES string of the molecule is Nc1ncc(-c2ccc(CS(=O)O)cc2)cc1Br. The second-order valence-corrected chi connectivity index (χ2v) is 5.54. The summed E-state index contributed by atoms with van der Waals surface area (Å²) in [5.74, 6) is 0.593. The molecule has 0 spiro atoms. The molecule has 1 heterocycles. The van der Waals surface area contributed by atoms with E-state index in [2.05, 4.69) is 20.9 Å². The number of nitrogen functional groups attached to an aromatic ring is 1. The molecule has 3 N–H and O–H groups in total. The third-order valence-electron chi connectivity index (χ3n) is 2.45. The van der Waals surface area contributed by atoms with Gasteiger partial charge < -0.3 is 10.3 Å². The number of halogens is 1. The number of hydrogen-bond donors (Lipinski definition) is 2. The van der Waals surface area contributed by atoms with Gasteiger partial charge in [0.15, 0.2) is 11.1 Å². The number of pyridine rings is 1. The van der Waals surface area contributed by atoms with Gasteiger partial charge in [0.25, 0.3) is 0 Å². The average Bonchev–Trinajstić information content (AvgIpc) is 2.33. The monoisotopic (exact) mass is 326 g/mol. The van der Waals surface area contributed by atoms with Crippen LogP contribution in [0.3, 0.4) is 0 Å². The lowest BCUT2D eigenvalue weighted by molar-refractivity contribution is 0.563. The van der Waals surface area contributed by atoms with E-state index in [0.717, 1.165) is 21.2 Å². The molecule has 1 atom stereocenters. The Balaban J connectivity index is 2.28. The minimum atomic E-state index is -1.81. The number of rotatable bonds is 3.